The van der Waals surface area contributed by atoms with E-state index in [-0.39, 0.29) is 12.5 Å². The monoisotopic (exact) mass is 366 g/mol. The Morgan fingerprint density at radius 2 is 1.52 bits per heavy atom. The molecule has 0 aromatic carbocycles. The van der Waals surface area contributed by atoms with Crippen LogP contribution in [0.4, 0.5) is 0 Å². The molecule has 0 aromatic heterocycles. The molecule has 120 valence electrons. The van der Waals surface area contributed by atoms with E-state index in [9.17, 15) is 14.4 Å². The lowest BCUT2D eigenvalue weighted by atomic mass is 9.91. The number of rotatable bonds is 4. The fraction of sp³-hybridized carbons (Fsp3) is 0.769. The Bertz CT molecular complexity index is 411. The van der Waals surface area contributed by atoms with Crippen molar-refractivity contribution in [1.29, 1.82) is 0 Å². The van der Waals surface area contributed by atoms with E-state index >= 15 is 0 Å². The first-order valence-electron chi connectivity index (χ1n) is 6.49. The van der Waals surface area contributed by atoms with E-state index in [1.54, 1.807) is 6.92 Å². The average Bonchev–Trinajstić information content (AvgIpc) is 2.35. The molecule has 1 heterocycles. The van der Waals surface area contributed by atoms with Crippen LogP contribution < -0.4 is 0 Å². The van der Waals surface area contributed by atoms with Crippen LogP contribution in [0.25, 0.3) is 0 Å². The van der Waals surface area contributed by atoms with E-state index < -0.39 is 41.2 Å². The van der Waals surface area contributed by atoms with Crippen LogP contribution in [0.1, 0.15) is 27.7 Å². The Morgan fingerprint density at radius 1 is 1.00 bits per heavy atom. The van der Waals surface area contributed by atoms with Crippen molar-refractivity contribution in [2.24, 2.45) is 5.92 Å². The number of carbonyl (C=O) groups excluding carboxylic acids is 3. The molecule has 0 saturated carbocycles. The molecule has 0 N–H and O–H groups in total. The lowest BCUT2D eigenvalue weighted by molar-refractivity contribution is -0.212. The molecule has 1 fully saturated rings. The second-order valence-electron chi connectivity index (χ2n) is 4.84. The maximum absolute atomic E-state index is 11.3. The minimum Gasteiger partial charge on any atom is -0.463 e. The van der Waals surface area contributed by atoms with Crippen LogP contribution in [-0.4, -0.2) is 47.8 Å². The molecule has 0 aliphatic carbocycles. The number of hydrogen-bond acceptors (Lipinski definition) is 7. The van der Waals surface area contributed by atoms with Gasteiger partial charge in [-0.25, -0.2) is 0 Å². The highest BCUT2D eigenvalue weighted by Gasteiger charge is 2.47. The number of carbonyl (C=O) groups is 3. The molecule has 5 atom stereocenters. The topological polar surface area (TPSA) is 88.1 Å². The smallest absolute Gasteiger partial charge is 0.303 e. The summed E-state index contributed by atoms with van der Waals surface area (Å²) >= 11 is 3.26. The van der Waals surface area contributed by atoms with Gasteiger partial charge in [-0.1, -0.05) is 22.9 Å². The summed E-state index contributed by atoms with van der Waals surface area (Å²) in [6.07, 6.45) is -1.94. The van der Waals surface area contributed by atoms with Crippen molar-refractivity contribution in [2.75, 3.05) is 6.61 Å². The standard InChI is InChI=1S/C13H19BrO7/c1-6-10(5-18-7(2)15)21-13(14)12(20-9(4)17)11(6)19-8(3)16/h6,10-13H,5H2,1-4H3/t6-,10-,11+,12+,13+/m1/s1. The fourth-order valence-electron chi connectivity index (χ4n) is 2.10. The highest BCUT2D eigenvalue weighted by molar-refractivity contribution is 9.09. The summed E-state index contributed by atoms with van der Waals surface area (Å²) in [6, 6.07) is 0. The van der Waals surface area contributed by atoms with Gasteiger partial charge in [-0.3, -0.25) is 14.4 Å². The number of halogens is 1. The van der Waals surface area contributed by atoms with E-state index in [0.717, 1.165) is 0 Å². The maximum atomic E-state index is 11.3. The average molecular weight is 367 g/mol. The highest BCUT2D eigenvalue weighted by atomic mass is 79.9. The van der Waals surface area contributed by atoms with Crippen molar-refractivity contribution < 1.29 is 33.3 Å². The molecule has 1 aliphatic rings. The van der Waals surface area contributed by atoms with Gasteiger partial charge in [-0.15, -0.1) is 0 Å². The zero-order valence-electron chi connectivity index (χ0n) is 12.3. The highest BCUT2D eigenvalue weighted by Crippen LogP contribution is 2.33. The van der Waals surface area contributed by atoms with Gasteiger partial charge >= 0.3 is 17.9 Å². The van der Waals surface area contributed by atoms with Gasteiger partial charge in [-0.05, 0) is 0 Å². The van der Waals surface area contributed by atoms with E-state index in [1.807, 2.05) is 0 Å². The van der Waals surface area contributed by atoms with Crippen molar-refractivity contribution in [1.82, 2.24) is 0 Å². The second-order valence-corrected chi connectivity index (χ2v) is 5.74. The van der Waals surface area contributed by atoms with Crippen molar-refractivity contribution in [3.63, 3.8) is 0 Å². The third-order valence-electron chi connectivity index (χ3n) is 3.05. The predicted octanol–water partition coefficient (Wildman–Crippen LogP) is 1.17. The number of esters is 3. The molecule has 0 radical (unpaired) electrons. The van der Waals surface area contributed by atoms with Crippen LogP contribution in [0, 0.1) is 5.92 Å². The lowest BCUT2D eigenvalue weighted by Gasteiger charge is -2.42. The molecule has 1 aliphatic heterocycles. The largest absolute Gasteiger partial charge is 0.463 e. The van der Waals surface area contributed by atoms with Gasteiger partial charge in [0, 0.05) is 26.7 Å². The first kappa shape index (κ1) is 17.9. The van der Waals surface area contributed by atoms with Gasteiger partial charge in [0.2, 0.25) is 0 Å². The predicted molar refractivity (Wildman–Crippen MR) is 74.5 cm³/mol. The molecule has 0 unspecified atom stereocenters. The third-order valence-corrected chi connectivity index (χ3v) is 3.78. The minimum absolute atomic E-state index is 0.0309. The summed E-state index contributed by atoms with van der Waals surface area (Å²) in [6.45, 7) is 5.64. The Labute approximate surface area is 131 Å². The van der Waals surface area contributed by atoms with Gasteiger partial charge in [0.25, 0.3) is 0 Å². The molecule has 0 spiro atoms. The first-order chi connectivity index (χ1) is 9.72. The van der Waals surface area contributed by atoms with Gasteiger partial charge < -0.3 is 18.9 Å². The minimum atomic E-state index is -0.769. The molecule has 1 saturated heterocycles. The molecular formula is C13H19BrO7. The Balaban J connectivity index is 2.87. The first-order valence-corrected chi connectivity index (χ1v) is 7.41. The van der Waals surface area contributed by atoms with E-state index in [2.05, 4.69) is 15.9 Å². The summed E-state index contributed by atoms with van der Waals surface area (Å²) in [5.41, 5.74) is 0. The molecule has 0 aromatic rings. The summed E-state index contributed by atoms with van der Waals surface area (Å²) in [5.74, 6) is -1.73. The summed E-state index contributed by atoms with van der Waals surface area (Å²) < 4.78 is 21.0. The van der Waals surface area contributed by atoms with Crippen molar-refractivity contribution in [3.05, 3.63) is 0 Å². The molecule has 8 heteroatoms. The Hall–Kier alpha value is -1.15. The number of hydrogen-bond donors (Lipinski definition) is 0. The van der Waals surface area contributed by atoms with Gasteiger partial charge in [0.1, 0.15) is 12.7 Å². The van der Waals surface area contributed by atoms with E-state index in [1.165, 1.54) is 20.8 Å². The number of alkyl halides is 1. The van der Waals surface area contributed by atoms with Crippen molar-refractivity contribution >= 4 is 33.8 Å². The molecule has 1 rings (SSSR count). The van der Waals surface area contributed by atoms with Crippen LogP contribution in [0.2, 0.25) is 0 Å². The molecule has 7 nitrogen and oxygen atoms in total. The third kappa shape index (κ3) is 5.28. The number of ether oxygens (including phenoxy) is 4. The summed E-state index contributed by atoms with van der Waals surface area (Å²) in [5, 5.41) is -0.664. The molecule has 0 bridgehead atoms. The summed E-state index contributed by atoms with van der Waals surface area (Å²) in [4.78, 5) is 33.3. The lowest BCUT2D eigenvalue weighted by Crippen LogP contribution is -2.55. The van der Waals surface area contributed by atoms with Gasteiger partial charge in [0.05, 0.1) is 6.10 Å². The second kappa shape index (κ2) is 7.74. The molecule has 0 amide bonds. The van der Waals surface area contributed by atoms with Crippen molar-refractivity contribution in [2.45, 2.75) is 51.0 Å². The fourth-order valence-corrected chi connectivity index (χ4v) is 2.78. The van der Waals surface area contributed by atoms with Crippen LogP contribution >= 0.6 is 15.9 Å². The normalized spacial score (nSPS) is 32.1. The van der Waals surface area contributed by atoms with Crippen LogP contribution in [0.3, 0.4) is 0 Å². The Morgan fingerprint density at radius 3 is 2.00 bits per heavy atom. The van der Waals surface area contributed by atoms with Gasteiger partial charge in [-0.2, -0.15) is 0 Å². The Kier molecular flexibility index (Phi) is 6.60. The van der Waals surface area contributed by atoms with Crippen molar-refractivity contribution in [3.8, 4) is 0 Å². The molecule has 21 heavy (non-hydrogen) atoms. The van der Waals surface area contributed by atoms with E-state index in [4.69, 9.17) is 18.9 Å². The van der Waals surface area contributed by atoms with Crippen LogP contribution in [0.15, 0.2) is 0 Å². The van der Waals surface area contributed by atoms with E-state index in [0.29, 0.717) is 0 Å². The van der Waals surface area contributed by atoms with Crippen LogP contribution in [0.5, 0.6) is 0 Å². The quantitative estimate of drug-likeness (QED) is 0.419. The zero-order valence-corrected chi connectivity index (χ0v) is 13.9. The molecular weight excluding hydrogens is 348 g/mol. The van der Waals surface area contributed by atoms with Crippen LogP contribution in [-0.2, 0) is 33.3 Å². The SMILES string of the molecule is CC(=O)OC[C@H]1O[C@H](Br)[C@@H](OC(C)=O)[C@@H](OC(C)=O)[C@@H]1C. The van der Waals surface area contributed by atoms with Gasteiger partial charge in [0.15, 0.2) is 11.1 Å². The maximum Gasteiger partial charge on any atom is 0.303 e. The zero-order chi connectivity index (χ0) is 16.2. The summed E-state index contributed by atoms with van der Waals surface area (Å²) in [7, 11) is 0.